The maximum atomic E-state index is 12.6. The lowest BCUT2D eigenvalue weighted by atomic mass is 9.99. The fourth-order valence-electron chi connectivity index (χ4n) is 3.06. The van der Waals surface area contributed by atoms with Gasteiger partial charge < -0.3 is 10.0 Å². The van der Waals surface area contributed by atoms with Crippen LogP contribution in [0.15, 0.2) is 29.2 Å². The van der Waals surface area contributed by atoms with Gasteiger partial charge in [-0.15, -0.1) is 11.8 Å². The zero-order chi connectivity index (χ0) is 14.3. The highest BCUT2D eigenvalue weighted by Gasteiger charge is 2.40. The lowest BCUT2D eigenvalue weighted by Gasteiger charge is -2.20. The van der Waals surface area contributed by atoms with Gasteiger partial charge in [-0.3, -0.25) is 9.59 Å². The molecule has 3 rings (SSSR count). The highest BCUT2D eigenvalue weighted by Crippen LogP contribution is 2.41. The van der Waals surface area contributed by atoms with E-state index in [0.717, 1.165) is 11.3 Å². The van der Waals surface area contributed by atoms with Gasteiger partial charge in [0.15, 0.2) is 0 Å². The zero-order valence-electron chi connectivity index (χ0n) is 11.3. The first kappa shape index (κ1) is 13.5. The summed E-state index contributed by atoms with van der Waals surface area (Å²) in [6, 6.07) is 7.99. The Balaban J connectivity index is 1.77. The molecule has 4 nitrogen and oxygen atoms in total. The average molecular weight is 291 g/mol. The normalized spacial score (nSPS) is 28.4. The first-order valence-electron chi connectivity index (χ1n) is 6.81. The molecular formula is C15H17NO3S. The van der Waals surface area contributed by atoms with E-state index >= 15 is 0 Å². The van der Waals surface area contributed by atoms with Gasteiger partial charge in [0.25, 0.3) is 0 Å². The second-order valence-electron chi connectivity index (χ2n) is 5.57. The lowest BCUT2D eigenvalue weighted by Crippen LogP contribution is -2.34. The largest absolute Gasteiger partial charge is 0.481 e. The van der Waals surface area contributed by atoms with Crippen LogP contribution in [0, 0.1) is 11.8 Å². The van der Waals surface area contributed by atoms with E-state index in [0.29, 0.717) is 13.1 Å². The number of fused-ring (bicyclic) bond motifs is 1. The van der Waals surface area contributed by atoms with Crippen LogP contribution in [-0.2, 0) is 9.59 Å². The van der Waals surface area contributed by atoms with Gasteiger partial charge in [-0.05, 0) is 17.5 Å². The first-order chi connectivity index (χ1) is 9.58. The van der Waals surface area contributed by atoms with Crippen molar-refractivity contribution in [2.24, 2.45) is 11.8 Å². The fourth-order valence-corrected chi connectivity index (χ4v) is 4.28. The Bertz CT molecular complexity index is 560. The second-order valence-corrected chi connectivity index (χ2v) is 6.63. The number of carboxylic acids is 1. The van der Waals surface area contributed by atoms with Gasteiger partial charge in [-0.2, -0.15) is 0 Å². The van der Waals surface area contributed by atoms with Crippen LogP contribution in [0.1, 0.15) is 18.4 Å². The summed E-state index contributed by atoms with van der Waals surface area (Å²) in [5.41, 5.74) is 1.09. The van der Waals surface area contributed by atoms with Crippen molar-refractivity contribution in [3.63, 3.8) is 0 Å². The topological polar surface area (TPSA) is 57.6 Å². The Kier molecular flexibility index (Phi) is 3.46. The van der Waals surface area contributed by atoms with Crippen molar-refractivity contribution in [2.45, 2.75) is 17.7 Å². The van der Waals surface area contributed by atoms with E-state index in [2.05, 4.69) is 0 Å². The van der Waals surface area contributed by atoms with Crippen LogP contribution < -0.4 is 0 Å². The number of carbonyl (C=O) groups is 2. The molecule has 0 saturated carbocycles. The highest BCUT2D eigenvalue weighted by molar-refractivity contribution is 7.99. The number of likely N-dealkylation sites (tertiary alicyclic amines) is 1. The molecule has 1 aromatic carbocycles. The number of rotatable bonds is 2. The molecule has 20 heavy (non-hydrogen) atoms. The minimum atomic E-state index is -0.797. The maximum Gasteiger partial charge on any atom is 0.308 e. The van der Waals surface area contributed by atoms with E-state index in [4.69, 9.17) is 5.11 Å². The van der Waals surface area contributed by atoms with Gasteiger partial charge in [0.2, 0.25) is 5.91 Å². The molecule has 1 N–H and O–H groups in total. The lowest BCUT2D eigenvalue weighted by molar-refractivity contribution is -0.142. The minimum absolute atomic E-state index is 0.0285. The summed E-state index contributed by atoms with van der Waals surface area (Å²) in [5, 5.41) is 9.16. The molecular weight excluding hydrogens is 274 g/mol. The Morgan fingerprint density at radius 1 is 1.30 bits per heavy atom. The molecule has 2 aliphatic heterocycles. The van der Waals surface area contributed by atoms with Crippen LogP contribution in [0.2, 0.25) is 0 Å². The molecule has 106 valence electrons. The van der Waals surface area contributed by atoms with Gasteiger partial charge in [0.05, 0.1) is 11.8 Å². The van der Waals surface area contributed by atoms with E-state index < -0.39 is 11.9 Å². The van der Waals surface area contributed by atoms with Crippen LogP contribution in [0.3, 0.4) is 0 Å². The number of benzene rings is 1. The molecule has 0 spiro atoms. The van der Waals surface area contributed by atoms with Crippen molar-refractivity contribution >= 4 is 23.6 Å². The number of nitrogens with zero attached hydrogens (tertiary/aromatic N) is 1. The Labute approximate surface area is 122 Å². The van der Waals surface area contributed by atoms with E-state index in [1.165, 1.54) is 4.90 Å². The van der Waals surface area contributed by atoms with Crippen molar-refractivity contribution in [3.8, 4) is 0 Å². The van der Waals surface area contributed by atoms with Crippen LogP contribution in [0.25, 0.3) is 0 Å². The molecule has 2 heterocycles. The Hall–Kier alpha value is -1.49. The summed E-state index contributed by atoms with van der Waals surface area (Å²) in [6.45, 7) is 2.81. The smallest absolute Gasteiger partial charge is 0.308 e. The number of carbonyl (C=O) groups excluding carboxylic acids is 1. The molecule has 0 radical (unpaired) electrons. The number of thioether (sulfide) groups is 1. The number of amides is 1. The summed E-state index contributed by atoms with van der Waals surface area (Å²) >= 11 is 1.71. The van der Waals surface area contributed by atoms with Gasteiger partial charge in [-0.1, -0.05) is 25.1 Å². The van der Waals surface area contributed by atoms with E-state index in [1.807, 2.05) is 31.2 Å². The third-order valence-corrected chi connectivity index (χ3v) is 5.42. The monoisotopic (exact) mass is 291 g/mol. The van der Waals surface area contributed by atoms with Gasteiger partial charge >= 0.3 is 5.97 Å². The van der Waals surface area contributed by atoms with Crippen molar-refractivity contribution < 1.29 is 14.7 Å². The van der Waals surface area contributed by atoms with E-state index in [9.17, 15) is 9.59 Å². The molecule has 1 unspecified atom stereocenters. The molecule has 3 atom stereocenters. The number of carboxylic acid groups (broad SMARTS) is 1. The highest BCUT2D eigenvalue weighted by atomic mass is 32.2. The molecule has 5 heteroatoms. The molecule has 0 aromatic heterocycles. The predicted octanol–water partition coefficient (Wildman–Crippen LogP) is 2.05. The van der Waals surface area contributed by atoms with Crippen LogP contribution in [0.4, 0.5) is 0 Å². The van der Waals surface area contributed by atoms with E-state index in [-0.39, 0.29) is 17.7 Å². The predicted molar refractivity (Wildman–Crippen MR) is 76.8 cm³/mol. The molecule has 1 fully saturated rings. The van der Waals surface area contributed by atoms with Gasteiger partial charge in [0.1, 0.15) is 0 Å². The van der Waals surface area contributed by atoms with Gasteiger partial charge in [0, 0.05) is 23.7 Å². The molecule has 1 amide bonds. The van der Waals surface area contributed by atoms with Crippen molar-refractivity contribution in [2.75, 3.05) is 18.8 Å². The van der Waals surface area contributed by atoms with Crippen LogP contribution in [0.5, 0.6) is 0 Å². The van der Waals surface area contributed by atoms with Crippen LogP contribution >= 0.6 is 11.8 Å². The van der Waals surface area contributed by atoms with Crippen molar-refractivity contribution in [1.82, 2.24) is 4.90 Å². The third-order valence-electron chi connectivity index (χ3n) is 4.24. The van der Waals surface area contributed by atoms with Gasteiger partial charge in [-0.25, -0.2) is 0 Å². The summed E-state index contributed by atoms with van der Waals surface area (Å²) < 4.78 is 0. The van der Waals surface area contributed by atoms with Crippen molar-refractivity contribution in [3.05, 3.63) is 29.8 Å². The van der Waals surface area contributed by atoms with Crippen molar-refractivity contribution in [1.29, 1.82) is 0 Å². The minimum Gasteiger partial charge on any atom is -0.481 e. The Morgan fingerprint density at radius 2 is 2.05 bits per heavy atom. The average Bonchev–Trinajstić information content (AvgIpc) is 3.01. The second kappa shape index (κ2) is 5.13. The SMILES string of the molecule is C[C@@H]1CN(C(=O)C2CSc3ccccc32)C[C@H]1C(=O)O. The number of hydrogen-bond acceptors (Lipinski definition) is 3. The molecule has 1 aromatic rings. The summed E-state index contributed by atoms with van der Waals surface area (Å²) in [5.74, 6) is -0.465. The third kappa shape index (κ3) is 2.20. The molecule has 0 aliphatic carbocycles. The maximum absolute atomic E-state index is 12.6. The van der Waals surface area contributed by atoms with E-state index in [1.54, 1.807) is 16.7 Å². The summed E-state index contributed by atoms with van der Waals surface area (Å²) in [6.07, 6.45) is 0. The quantitative estimate of drug-likeness (QED) is 0.906. The summed E-state index contributed by atoms with van der Waals surface area (Å²) in [4.78, 5) is 26.7. The summed E-state index contributed by atoms with van der Waals surface area (Å²) in [7, 11) is 0. The molecule has 2 aliphatic rings. The fraction of sp³-hybridized carbons (Fsp3) is 0.467. The Morgan fingerprint density at radius 3 is 2.75 bits per heavy atom. The first-order valence-corrected chi connectivity index (χ1v) is 7.80. The molecule has 1 saturated heterocycles. The number of aliphatic carboxylic acids is 1. The zero-order valence-corrected chi connectivity index (χ0v) is 12.1. The standard InChI is InChI=1S/C15H17NO3S/c1-9-6-16(7-11(9)15(18)19)14(17)12-8-20-13-5-3-2-4-10(12)13/h2-5,9,11-12H,6-8H2,1H3,(H,18,19)/t9-,11-,12?/m1/s1. The van der Waals surface area contributed by atoms with Crippen LogP contribution in [-0.4, -0.2) is 40.7 Å². The number of hydrogen-bond donors (Lipinski definition) is 1. The molecule has 0 bridgehead atoms.